The van der Waals surface area contributed by atoms with Crippen molar-refractivity contribution in [3.8, 4) is 11.5 Å². The second-order valence-corrected chi connectivity index (χ2v) is 8.04. The SMILES string of the molecule is O=C(O)COc1cccc(C[C@H]2CCC(Cl)[C@@H]2COc2ccc(CCO)cc2)c1. The largest absolute Gasteiger partial charge is 0.493 e. The quantitative estimate of drug-likeness (QED) is 0.571. The van der Waals surface area contributed by atoms with Crippen LogP contribution in [0.15, 0.2) is 48.5 Å². The number of aliphatic hydroxyl groups excluding tert-OH is 1. The van der Waals surface area contributed by atoms with Crippen molar-refractivity contribution in [2.24, 2.45) is 11.8 Å². The number of carboxylic acid groups (broad SMARTS) is 1. The average molecular weight is 419 g/mol. The number of carboxylic acids is 1. The van der Waals surface area contributed by atoms with E-state index >= 15 is 0 Å². The second kappa shape index (κ2) is 10.5. The third-order valence-corrected chi connectivity index (χ3v) is 5.95. The molecule has 0 aliphatic heterocycles. The zero-order valence-corrected chi connectivity index (χ0v) is 17.1. The Morgan fingerprint density at radius 1 is 1.03 bits per heavy atom. The molecule has 1 fully saturated rings. The van der Waals surface area contributed by atoms with Crippen LogP contribution in [-0.2, 0) is 17.6 Å². The van der Waals surface area contributed by atoms with Crippen molar-refractivity contribution in [1.82, 2.24) is 0 Å². The van der Waals surface area contributed by atoms with Crippen LogP contribution in [0.5, 0.6) is 11.5 Å². The summed E-state index contributed by atoms with van der Waals surface area (Å²) in [7, 11) is 0. The minimum atomic E-state index is -0.988. The van der Waals surface area contributed by atoms with Crippen molar-refractivity contribution >= 4 is 17.6 Å². The van der Waals surface area contributed by atoms with Crippen LogP contribution < -0.4 is 9.47 Å². The standard InChI is InChI=1S/C23H27ClO5/c24-22-9-6-18(12-17-2-1-3-20(13-17)29-15-23(26)27)21(22)14-28-19-7-4-16(5-8-19)10-11-25/h1-5,7-8,13,18,21-22,25H,6,9-12,14-15H2,(H,26,27)/t18-,21-,22?/m1/s1. The number of ether oxygens (including phenoxy) is 2. The Kier molecular flexibility index (Phi) is 7.78. The topological polar surface area (TPSA) is 76.0 Å². The van der Waals surface area contributed by atoms with Crippen molar-refractivity contribution in [2.75, 3.05) is 19.8 Å². The summed E-state index contributed by atoms with van der Waals surface area (Å²) in [5.41, 5.74) is 2.20. The predicted octanol–water partition coefficient (Wildman–Crippen LogP) is 3.94. The number of benzene rings is 2. The highest BCUT2D eigenvalue weighted by Crippen LogP contribution is 2.38. The van der Waals surface area contributed by atoms with Gasteiger partial charge in [0.1, 0.15) is 11.5 Å². The van der Waals surface area contributed by atoms with Crippen molar-refractivity contribution in [3.05, 3.63) is 59.7 Å². The lowest BCUT2D eigenvalue weighted by Gasteiger charge is -2.22. The van der Waals surface area contributed by atoms with E-state index in [0.717, 1.165) is 36.1 Å². The molecule has 0 aromatic heterocycles. The first-order chi connectivity index (χ1) is 14.0. The van der Waals surface area contributed by atoms with Gasteiger partial charge in [0.15, 0.2) is 6.61 Å². The number of halogens is 1. The second-order valence-electron chi connectivity index (χ2n) is 7.48. The lowest BCUT2D eigenvalue weighted by molar-refractivity contribution is -0.139. The zero-order valence-electron chi connectivity index (χ0n) is 16.3. The van der Waals surface area contributed by atoms with Crippen molar-refractivity contribution in [3.63, 3.8) is 0 Å². The first kappa shape index (κ1) is 21.5. The maximum absolute atomic E-state index is 10.7. The molecule has 0 spiro atoms. The van der Waals surface area contributed by atoms with Gasteiger partial charge in [0.05, 0.1) is 6.61 Å². The summed E-state index contributed by atoms with van der Waals surface area (Å²) in [6.07, 6.45) is 3.50. The molecule has 1 saturated carbocycles. The van der Waals surface area contributed by atoms with Crippen LogP contribution in [0.25, 0.3) is 0 Å². The fraction of sp³-hybridized carbons (Fsp3) is 0.435. The van der Waals surface area contributed by atoms with Crippen LogP contribution >= 0.6 is 11.6 Å². The maximum Gasteiger partial charge on any atom is 0.341 e. The van der Waals surface area contributed by atoms with Gasteiger partial charge in [0.25, 0.3) is 0 Å². The van der Waals surface area contributed by atoms with Gasteiger partial charge < -0.3 is 19.7 Å². The van der Waals surface area contributed by atoms with Gasteiger partial charge in [-0.2, -0.15) is 0 Å². The number of hydrogen-bond donors (Lipinski definition) is 2. The van der Waals surface area contributed by atoms with E-state index in [1.54, 1.807) is 6.07 Å². The highest BCUT2D eigenvalue weighted by Gasteiger charge is 2.35. The summed E-state index contributed by atoms with van der Waals surface area (Å²) in [5, 5.41) is 17.9. The molecule has 3 rings (SSSR count). The van der Waals surface area contributed by atoms with Crippen LogP contribution in [-0.4, -0.2) is 41.4 Å². The van der Waals surface area contributed by atoms with E-state index in [0.29, 0.717) is 24.7 Å². The van der Waals surface area contributed by atoms with Gasteiger partial charge in [-0.05, 0) is 67.0 Å². The molecule has 156 valence electrons. The third kappa shape index (κ3) is 6.38. The molecule has 5 nitrogen and oxygen atoms in total. The van der Waals surface area contributed by atoms with Crippen molar-refractivity contribution in [1.29, 1.82) is 0 Å². The maximum atomic E-state index is 10.7. The van der Waals surface area contributed by atoms with Crippen molar-refractivity contribution in [2.45, 2.75) is 31.1 Å². The molecule has 0 bridgehead atoms. The molecule has 0 radical (unpaired) electrons. The van der Waals surface area contributed by atoms with Crippen LogP contribution in [0.2, 0.25) is 0 Å². The van der Waals surface area contributed by atoms with Gasteiger partial charge in [-0.1, -0.05) is 24.3 Å². The molecule has 2 aromatic rings. The minimum absolute atomic E-state index is 0.0834. The lowest BCUT2D eigenvalue weighted by Crippen LogP contribution is -2.24. The monoisotopic (exact) mass is 418 g/mol. The Hall–Kier alpha value is -2.24. The van der Waals surface area contributed by atoms with Gasteiger partial charge in [-0.15, -0.1) is 11.6 Å². The molecular weight excluding hydrogens is 392 g/mol. The van der Waals surface area contributed by atoms with E-state index in [1.807, 2.05) is 42.5 Å². The van der Waals surface area contributed by atoms with Gasteiger partial charge in [0, 0.05) is 17.9 Å². The smallest absolute Gasteiger partial charge is 0.341 e. The molecule has 3 atom stereocenters. The molecular formula is C23H27ClO5. The summed E-state index contributed by atoms with van der Waals surface area (Å²) in [4.78, 5) is 10.7. The van der Waals surface area contributed by atoms with E-state index in [4.69, 9.17) is 31.3 Å². The predicted molar refractivity (Wildman–Crippen MR) is 112 cm³/mol. The summed E-state index contributed by atoms with van der Waals surface area (Å²) in [6.45, 7) is 0.359. The number of aliphatic hydroxyl groups is 1. The fourth-order valence-corrected chi connectivity index (χ4v) is 4.28. The molecule has 1 aliphatic carbocycles. The number of alkyl halides is 1. The molecule has 0 amide bonds. The van der Waals surface area contributed by atoms with Gasteiger partial charge in [-0.3, -0.25) is 0 Å². The summed E-state index contributed by atoms with van der Waals surface area (Å²) < 4.78 is 11.3. The van der Waals surface area contributed by atoms with Crippen LogP contribution in [0, 0.1) is 11.8 Å². The van der Waals surface area contributed by atoms with Gasteiger partial charge in [-0.25, -0.2) is 4.79 Å². The summed E-state index contributed by atoms with van der Waals surface area (Å²) in [6, 6.07) is 15.4. The van der Waals surface area contributed by atoms with Crippen LogP contribution in [0.3, 0.4) is 0 Å². The van der Waals surface area contributed by atoms with E-state index in [1.165, 1.54) is 0 Å². The average Bonchev–Trinajstić information content (AvgIpc) is 3.06. The lowest BCUT2D eigenvalue weighted by atomic mass is 9.90. The summed E-state index contributed by atoms with van der Waals surface area (Å²) in [5.74, 6) is 1.04. The first-order valence-electron chi connectivity index (χ1n) is 9.95. The number of rotatable bonds is 10. The Morgan fingerprint density at radius 3 is 2.55 bits per heavy atom. The molecule has 1 aliphatic rings. The molecule has 1 unspecified atom stereocenters. The Labute approximate surface area is 176 Å². The van der Waals surface area contributed by atoms with Gasteiger partial charge in [0.2, 0.25) is 0 Å². The summed E-state index contributed by atoms with van der Waals surface area (Å²) >= 11 is 6.59. The molecule has 29 heavy (non-hydrogen) atoms. The van der Waals surface area contributed by atoms with Crippen molar-refractivity contribution < 1.29 is 24.5 Å². The Balaban J connectivity index is 1.58. The Bertz CT molecular complexity index is 792. The van der Waals surface area contributed by atoms with Crippen LogP contribution in [0.4, 0.5) is 0 Å². The molecule has 2 N–H and O–H groups in total. The number of hydrogen-bond acceptors (Lipinski definition) is 4. The van der Waals surface area contributed by atoms with Crippen LogP contribution in [0.1, 0.15) is 24.0 Å². The third-order valence-electron chi connectivity index (χ3n) is 5.41. The highest BCUT2D eigenvalue weighted by atomic mass is 35.5. The van der Waals surface area contributed by atoms with E-state index in [-0.39, 0.29) is 24.5 Å². The molecule has 6 heteroatoms. The Morgan fingerprint density at radius 2 is 1.83 bits per heavy atom. The van der Waals surface area contributed by atoms with E-state index < -0.39 is 5.97 Å². The normalized spacial score (nSPS) is 21.1. The number of aliphatic carboxylic acids is 1. The van der Waals surface area contributed by atoms with Gasteiger partial charge >= 0.3 is 5.97 Å². The fourth-order valence-electron chi connectivity index (χ4n) is 3.87. The highest BCUT2D eigenvalue weighted by molar-refractivity contribution is 6.21. The zero-order chi connectivity index (χ0) is 20.6. The molecule has 0 saturated heterocycles. The molecule has 0 heterocycles. The van der Waals surface area contributed by atoms with E-state index in [9.17, 15) is 4.79 Å². The molecule has 2 aromatic carbocycles. The minimum Gasteiger partial charge on any atom is -0.493 e. The number of carbonyl (C=O) groups is 1. The first-order valence-corrected chi connectivity index (χ1v) is 10.4. The van der Waals surface area contributed by atoms with E-state index in [2.05, 4.69) is 0 Å².